The second-order valence-corrected chi connectivity index (χ2v) is 4.76. The number of anilines is 1. The molecule has 0 saturated heterocycles. The van der Waals surface area contributed by atoms with Gasteiger partial charge in [-0.15, -0.1) is 0 Å². The number of hydrogen-bond donors (Lipinski definition) is 1. The molecule has 0 spiro atoms. The Hall–Kier alpha value is -1.52. The lowest BCUT2D eigenvalue weighted by Gasteiger charge is -2.32. The van der Waals surface area contributed by atoms with Gasteiger partial charge >= 0.3 is 5.69 Å². The fraction of sp³-hybridized carbons (Fsp3) is 0.667. The maximum Gasteiger partial charge on any atom is 0.329 e. The van der Waals surface area contributed by atoms with E-state index in [1.807, 2.05) is 11.9 Å². The van der Waals surface area contributed by atoms with Crippen LogP contribution in [0.2, 0.25) is 0 Å². The summed E-state index contributed by atoms with van der Waals surface area (Å²) in [7, 11) is 3.42. The van der Waals surface area contributed by atoms with Gasteiger partial charge in [-0.2, -0.15) is 0 Å². The Morgan fingerprint density at radius 2 is 1.94 bits per heavy atom. The van der Waals surface area contributed by atoms with Crippen molar-refractivity contribution in [2.24, 2.45) is 7.05 Å². The Morgan fingerprint density at radius 3 is 2.53 bits per heavy atom. The number of aromatic nitrogens is 2. The highest BCUT2D eigenvalue weighted by atomic mass is 16.2. The Labute approximate surface area is 100 Å². The molecule has 5 heteroatoms. The first-order valence-corrected chi connectivity index (χ1v) is 6.13. The summed E-state index contributed by atoms with van der Waals surface area (Å²) in [6, 6.07) is 1.93. The molecule has 1 fully saturated rings. The van der Waals surface area contributed by atoms with Crippen LogP contribution in [0, 0.1) is 0 Å². The second kappa shape index (κ2) is 4.77. The minimum Gasteiger partial charge on any atom is -0.358 e. The highest BCUT2D eigenvalue weighted by Crippen LogP contribution is 2.23. The molecule has 1 heterocycles. The van der Waals surface area contributed by atoms with E-state index in [0.29, 0.717) is 11.9 Å². The molecule has 0 bridgehead atoms. The average molecular weight is 237 g/mol. The Balaban J connectivity index is 2.27. The zero-order valence-electron chi connectivity index (χ0n) is 10.4. The summed E-state index contributed by atoms with van der Waals surface area (Å²) in [6.45, 7) is 0. The second-order valence-electron chi connectivity index (χ2n) is 4.76. The van der Waals surface area contributed by atoms with Crippen molar-refractivity contribution in [1.82, 2.24) is 9.55 Å². The van der Waals surface area contributed by atoms with Crippen molar-refractivity contribution < 1.29 is 0 Å². The van der Waals surface area contributed by atoms with Gasteiger partial charge in [-0.25, -0.2) is 4.79 Å². The smallest absolute Gasteiger partial charge is 0.329 e. The largest absolute Gasteiger partial charge is 0.358 e. The van der Waals surface area contributed by atoms with Gasteiger partial charge in [0.2, 0.25) is 0 Å². The lowest BCUT2D eigenvalue weighted by atomic mass is 9.94. The summed E-state index contributed by atoms with van der Waals surface area (Å²) >= 11 is 0. The number of rotatable bonds is 2. The SMILES string of the molecule is CN(c1cc(=O)n(C)c(=O)[nH]1)C1CCCCC1. The highest BCUT2D eigenvalue weighted by Gasteiger charge is 2.19. The van der Waals surface area contributed by atoms with Gasteiger partial charge in [-0.05, 0) is 12.8 Å². The summed E-state index contributed by atoms with van der Waals surface area (Å²) in [4.78, 5) is 27.9. The molecule has 2 rings (SSSR count). The van der Waals surface area contributed by atoms with Gasteiger partial charge in [0.15, 0.2) is 0 Å². The van der Waals surface area contributed by atoms with E-state index in [4.69, 9.17) is 0 Å². The van der Waals surface area contributed by atoms with E-state index in [-0.39, 0.29) is 11.2 Å². The van der Waals surface area contributed by atoms with Gasteiger partial charge in [0, 0.05) is 26.2 Å². The molecule has 17 heavy (non-hydrogen) atoms. The zero-order valence-corrected chi connectivity index (χ0v) is 10.4. The van der Waals surface area contributed by atoms with Gasteiger partial charge in [-0.1, -0.05) is 19.3 Å². The molecular weight excluding hydrogens is 218 g/mol. The molecule has 0 amide bonds. The van der Waals surface area contributed by atoms with E-state index >= 15 is 0 Å². The van der Waals surface area contributed by atoms with Crippen LogP contribution in [-0.4, -0.2) is 22.6 Å². The van der Waals surface area contributed by atoms with Crippen LogP contribution in [0.5, 0.6) is 0 Å². The number of hydrogen-bond acceptors (Lipinski definition) is 3. The Kier molecular flexibility index (Phi) is 3.36. The first-order chi connectivity index (χ1) is 8.09. The lowest BCUT2D eigenvalue weighted by Crippen LogP contribution is -2.39. The van der Waals surface area contributed by atoms with Crippen LogP contribution < -0.4 is 16.1 Å². The average Bonchev–Trinajstić information content (AvgIpc) is 2.35. The molecule has 0 atom stereocenters. The van der Waals surface area contributed by atoms with Crippen LogP contribution in [-0.2, 0) is 7.05 Å². The molecule has 1 aliphatic rings. The molecular formula is C12H19N3O2. The van der Waals surface area contributed by atoms with Crippen LogP contribution in [0.3, 0.4) is 0 Å². The van der Waals surface area contributed by atoms with Crippen molar-refractivity contribution >= 4 is 5.82 Å². The summed E-state index contributed by atoms with van der Waals surface area (Å²) in [5.41, 5.74) is -0.610. The number of nitrogens with one attached hydrogen (secondary N) is 1. The molecule has 1 aromatic rings. The third kappa shape index (κ3) is 2.43. The van der Waals surface area contributed by atoms with Crippen molar-refractivity contribution in [2.45, 2.75) is 38.1 Å². The van der Waals surface area contributed by atoms with E-state index in [1.54, 1.807) is 0 Å². The van der Waals surface area contributed by atoms with Gasteiger partial charge in [0.25, 0.3) is 5.56 Å². The first kappa shape index (κ1) is 12.0. The monoisotopic (exact) mass is 237 g/mol. The molecule has 1 saturated carbocycles. The number of nitrogens with zero attached hydrogens (tertiary/aromatic N) is 2. The predicted octanol–water partition coefficient (Wildman–Crippen LogP) is 0.842. The molecule has 0 aromatic carbocycles. The Bertz CT molecular complexity index is 466. The minimum absolute atomic E-state index is 0.258. The minimum atomic E-state index is -0.352. The van der Waals surface area contributed by atoms with Crippen LogP contribution in [0.25, 0.3) is 0 Å². The van der Waals surface area contributed by atoms with Gasteiger partial charge < -0.3 is 4.90 Å². The molecule has 94 valence electrons. The molecule has 0 aliphatic heterocycles. The molecule has 1 aliphatic carbocycles. The van der Waals surface area contributed by atoms with E-state index in [1.165, 1.54) is 32.4 Å². The maximum absolute atomic E-state index is 11.6. The third-order valence-corrected chi connectivity index (χ3v) is 3.63. The quantitative estimate of drug-likeness (QED) is 0.829. The summed E-state index contributed by atoms with van der Waals surface area (Å²) < 4.78 is 1.08. The molecule has 0 radical (unpaired) electrons. The van der Waals surface area contributed by atoms with Crippen molar-refractivity contribution in [3.63, 3.8) is 0 Å². The van der Waals surface area contributed by atoms with Crippen LogP contribution in [0.15, 0.2) is 15.7 Å². The van der Waals surface area contributed by atoms with E-state index in [0.717, 1.165) is 17.4 Å². The van der Waals surface area contributed by atoms with Gasteiger partial charge in [0.05, 0.1) is 0 Å². The summed E-state index contributed by atoms with van der Waals surface area (Å²) in [6.07, 6.45) is 6.01. The fourth-order valence-electron chi connectivity index (χ4n) is 2.40. The summed E-state index contributed by atoms with van der Waals surface area (Å²) in [5, 5.41) is 0. The number of H-pyrrole nitrogens is 1. The normalized spacial score (nSPS) is 17.1. The topological polar surface area (TPSA) is 58.1 Å². The van der Waals surface area contributed by atoms with Crippen molar-refractivity contribution in [1.29, 1.82) is 0 Å². The maximum atomic E-state index is 11.6. The van der Waals surface area contributed by atoms with Crippen molar-refractivity contribution in [2.75, 3.05) is 11.9 Å². The van der Waals surface area contributed by atoms with Gasteiger partial charge in [-0.3, -0.25) is 14.3 Å². The Morgan fingerprint density at radius 1 is 1.29 bits per heavy atom. The van der Waals surface area contributed by atoms with Crippen molar-refractivity contribution in [3.8, 4) is 0 Å². The predicted molar refractivity (Wildman–Crippen MR) is 67.6 cm³/mol. The van der Waals surface area contributed by atoms with Crippen LogP contribution >= 0.6 is 0 Å². The molecule has 1 N–H and O–H groups in total. The van der Waals surface area contributed by atoms with Crippen LogP contribution in [0.1, 0.15) is 32.1 Å². The summed E-state index contributed by atoms with van der Waals surface area (Å²) in [5.74, 6) is 0.630. The molecule has 0 unspecified atom stereocenters. The van der Waals surface area contributed by atoms with Gasteiger partial charge in [0.1, 0.15) is 5.82 Å². The zero-order chi connectivity index (χ0) is 12.4. The first-order valence-electron chi connectivity index (χ1n) is 6.13. The standard InChI is InChI=1S/C12H19N3O2/c1-14(9-6-4-3-5-7-9)10-8-11(16)15(2)12(17)13-10/h8-9H,3-7H2,1-2H3,(H,13,17). The van der Waals surface area contributed by atoms with Crippen molar-refractivity contribution in [3.05, 3.63) is 26.9 Å². The highest BCUT2D eigenvalue weighted by molar-refractivity contribution is 5.36. The van der Waals surface area contributed by atoms with Crippen LogP contribution in [0.4, 0.5) is 5.82 Å². The fourth-order valence-corrected chi connectivity index (χ4v) is 2.40. The molecule has 1 aromatic heterocycles. The van der Waals surface area contributed by atoms with E-state index < -0.39 is 0 Å². The van der Waals surface area contributed by atoms with E-state index in [9.17, 15) is 9.59 Å². The van der Waals surface area contributed by atoms with E-state index in [2.05, 4.69) is 4.98 Å². The third-order valence-electron chi connectivity index (χ3n) is 3.63. The molecule has 5 nitrogen and oxygen atoms in total. The number of aromatic amines is 1. The lowest BCUT2D eigenvalue weighted by molar-refractivity contribution is 0.425.